The van der Waals surface area contributed by atoms with Crippen LogP contribution in [0.4, 0.5) is 0 Å². The third-order valence-electron chi connectivity index (χ3n) is 1.71. The third kappa shape index (κ3) is 2.37. The Hall–Kier alpha value is -1.75. The van der Waals surface area contributed by atoms with Crippen LogP contribution in [0.2, 0.25) is 0 Å². The summed E-state index contributed by atoms with van der Waals surface area (Å²) in [6, 6.07) is 1.65. The zero-order valence-corrected chi connectivity index (χ0v) is 7.27. The van der Waals surface area contributed by atoms with Gasteiger partial charge < -0.3 is 21.1 Å². The van der Waals surface area contributed by atoms with E-state index in [9.17, 15) is 4.79 Å². The van der Waals surface area contributed by atoms with Gasteiger partial charge in [-0.05, 0) is 24.1 Å². The van der Waals surface area contributed by atoms with Crippen molar-refractivity contribution in [2.45, 2.75) is 12.4 Å². The molecule has 0 aromatic heterocycles. The van der Waals surface area contributed by atoms with Crippen LogP contribution in [0.1, 0.15) is 6.93 Å². The molecule has 0 aliphatic carbocycles. The molecule has 0 heterocycles. The minimum atomic E-state index is -2.14. The van der Waals surface area contributed by atoms with Crippen LogP contribution in [0.25, 0.3) is 0 Å². The van der Waals surface area contributed by atoms with Gasteiger partial charge in [0.15, 0.2) is 11.5 Å². The molecular weight excluding hydrogens is 186 g/mol. The number of carboxylic acids is 1. The Morgan fingerprint density at radius 2 is 2.14 bits per heavy atom. The van der Waals surface area contributed by atoms with E-state index in [-0.39, 0.29) is 17.9 Å². The van der Waals surface area contributed by atoms with Gasteiger partial charge in [-0.15, -0.1) is 0 Å². The number of hydrogen-bond acceptors (Lipinski definition) is 4. The molecule has 14 heavy (non-hydrogen) atoms. The lowest BCUT2D eigenvalue weighted by molar-refractivity contribution is -0.138. The maximum absolute atomic E-state index is 10.6. The monoisotopic (exact) mass is 198 g/mol. The Balaban J connectivity index is 2.91. The van der Waals surface area contributed by atoms with E-state index in [1.807, 2.05) is 0 Å². The third-order valence-corrected chi connectivity index (χ3v) is 1.71. The van der Waals surface area contributed by atoms with Gasteiger partial charge in [0.2, 0.25) is 0 Å². The number of carbonyl (C=O) groups is 1. The number of aromatic hydroxyl groups is 2. The lowest BCUT2D eigenvalue weighted by Gasteiger charge is -2.06. The summed E-state index contributed by atoms with van der Waals surface area (Å²) in [5, 5.41) is 26.7. The highest BCUT2D eigenvalue weighted by Gasteiger charge is 2.12. The van der Waals surface area contributed by atoms with Gasteiger partial charge in [-0.2, -0.15) is 0 Å². The molecule has 0 unspecified atom stereocenters. The fourth-order valence-corrected chi connectivity index (χ4v) is 0.974. The lowest BCUT2D eigenvalue weighted by Crippen LogP contribution is -2.32. The van der Waals surface area contributed by atoms with E-state index in [4.69, 9.17) is 22.4 Å². The molecule has 0 saturated carbocycles. The van der Waals surface area contributed by atoms with E-state index in [2.05, 4.69) is 0 Å². The van der Waals surface area contributed by atoms with Crippen LogP contribution in [0, 0.1) is 0 Å². The maximum Gasteiger partial charge on any atom is 0.320 e. The normalized spacial score (nSPS) is 15.6. The number of nitrogens with two attached hydrogens (primary N) is 1. The maximum atomic E-state index is 10.6. The van der Waals surface area contributed by atoms with Crippen LogP contribution >= 0.6 is 0 Å². The summed E-state index contributed by atoms with van der Waals surface area (Å²) < 4.78 is 7.28. The van der Waals surface area contributed by atoms with Crippen LogP contribution in [-0.2, 0) is 11.2 Å². The molecule has 5 N–H and O–H groups in total. The van der Waals surface area contributed by atoms with Gasteiger partial charge >= 0.3 is 5.97 Å². The van der Waals surface area contributed by atoms with Gasteiger partial charge in [-0.25, -0.2) is 0 Å². The highest BCUT2D eigenvalue weighted by molar-refractivity contribution is 5.73. The minimum absolute atomic E-state index is 0.254. The molecule has 0 aliphatic rings. The number of benzene rings is 1. The van der Waals surface area contributed by atoms with E-state index >= 15 is 0 Å². The first-order valence-electron chi connectivity index (χ1n) is 4.36. The second-order valence-corrected chi connectivity index (χ2v) is 2.83. The lowest BCUT2D eigenvalue weighted by atomic mass is 10.1. The van der Waals surface area contributed by atoms with Crippen molar-refractivity contribution in [2.24, 2.45) is 5.73 Å². The first kappa shape index (κ1) is 8.83. The van der Waals surface area contributed by atoms with Crippen LogP contribution in [0.5, 0.6) is 11.5 Å². The number of rotatable bonds is 3. The van der Waals surface area contributed by atoms with Crippen molar-refractivity contribution in [3.63, 3.8) is 0 Å². The van der Waals surface area contributed by atoms with Gasteiger partial charge in [0.05, 0.1) is 1.37 Å². The molecule has 0 radical (unpaired) electrons. The zero-order chi connectivity index (χ0) is 11.6. The number of hydrogen-bond donors (Lipinski definition) is 4. The van der Waals surface area contributed by atoms with Gasteiger partial charge in [-0.1, -0.05) is 6.07 Å². The van der Waals surface area contributed by atoms with Gasteiger partial charge in [0.25, 0.3) is 0 Å². The number of carboxylic acid groups (broad SMARTS) is 1. The molecule has 1 atom stereocenters. The van der Waals surface area contributed by atoms with Crippen molar-refractivity contribution in [1.29, 1.82) is 0 Å². The van der Waals surface area contributed by atoms with Gasteiger partial charge in [0.1, 0.15) is 6.02 Å². The summed E-state index contributed by atoms with van der Waals surface area (Å²) in [6.45, 7) is 0. The SMILES string of the molecule is [2H][C@@](N)(Cc1ccc(O)c(O)c1)C(=O)O. The van der Waals surface area contributed by atoms with E-state index in [0.717, 1.165) is 0 Å². The van der Waals surface area contributed by atoms with E-state index in [1.165, 1.54) is 18.2 Å². The summed E-state index contributed by atoms with van der Waals surface area (Å²) in [5.41, 5.74) is 5.57. The first-order chi connectivity index (χ1) is 6.83. The standard InChI is InChI=1S/C9H11NO4/c10-6(9(13)14)3-5-1-2-7(11)8(12)4-5/h1-2,4,6,11-12H,3,10H2,(H,13,14)/t6-/m1/s1/i6D. The summed E-state index contributed by atoms with van der Waals surface area (Å²) >= 11 is 0. The molecule has 0 amide bonds. The molecule has 5 heteroatoms. The topological polar surface area (TPSA) is 104 Å². The van der Waals surface area contributed by atoms with Crippen molar-refractivity contribution >= 4 is 5.97 Å². The zero-order valence-electron chi connectivity index (χ0n) is 8.27. The van der Waals surface area contributed by atoms with Gasteiger partial charge in [0, 0.05) is 0 Å². The quantitative estimate of drug-likeness (QED) is 0.514. The fraction of sp³-hybridized carbons (Fsp3) is 0.222. The van der Waals surface area contributed by atoms with Crippen molar-refractivity contribution in [3.8, 4) is 11.5 Å². The van der Waals surface area contributed by atoms with Crippen LogP contribution in [0.15, 0.2) is 18.2 Å². The predicted octanol–water partition coefficient (Wildman–Crippen LogP) is 0.0522. The van der Waals surface area contributed by atoms with E-state index in [0.29, 0.717) is 5.56 Å². The van der Waals surface area contributed by atoms with Crippen molar-refractivity contribution in [3.05, 3.63) is 23.8 Å². The Bertz CT molecular complexity index is 392. The molecular formula is C9H11NO4. The Labute approximate surface area is 81.8 Å². The average molecular weight is 198 g/mol. The number of aliphatic carboxylic acids is 1. The molecule has 0 bridgehead atoms. The molecule has 1 aromatic carbocycles. The van der Waals surface area contributed by atoms with E-state index in [1.54, 1.807) is 0 Å². The van der Waals surface area contributed by atoms with Gasteiger partial charge in [-0.3, -0.25) is 4.79 Å². The summed E-state index contributed by atoms with van der Waals surface area (Å²) in [7, 11) is 0. The predicted molar refractivity (Wildman–Crippen MR) is 49.1 cm³/mol. The number of phenols is 2. The molecule has 0 fully saturated rings. The second kappa shape index (κ2) is 3.97. The van der Waals surface area contributed by atoms with Crippen molar-refractivity contribution in [2.75, 3.05) is 0 Å². The Morgan fingerprint density at radius 3 is 2.64 bits per heavy atom. The van der Waals surface area contributed by atoms with Crippen LogP contribution in [-0.4, -0.2) is 27.3 Å². The van der Waals surface area contributed by atoms with Crippen molar-refractivity contribution < 1.29 is 21.5 Å². The largest absolute Gasteiger partial charge is 0.504 e. The average Bonchev–Trinajstić information content (AvgIpc) is 2.10. The Kier molecular flexibility index (Phi) is 2.51. The molecule has 0 aliphatic heterocycles. The highest BCUT2D eigenvalue weighted by Crippen LogP contribution is 2.25. The van der Waals surface area contributed by atoms with E-state index < -0.39 is 12.0 Å². The summed E-state index contributed by atoms with van der Waals surface area (Å²) in [4.78, 5) is 10.6. The molecule has 1 aromatic rings. The molecule has 1 rings (SSSR count). The smallest absolute Gasteiger partial charge is 0.320 e. The molecule has 0 saturated heterocycles. The highest BCUT2D eigenvalue weighted by atomic mass is 16.4. The molecule has 76 valence electrons. The molecule has 5 nitrogen and oxygen atoms in total. The Morgan fingerprint density at radius 1 is 1.50 bits per heavy atom. The minimum Gasteiger partial charge on any atom is -0.504 e. The molecule has 0 spiro atoms. The van der Waals surface area contributed by atoms with Crippen LogP contribution in [0.3, 0.4) is 0 Å². The van der Waals surface area contributed by atoms with Crippen LogP contribution < -0.4 is 5.73 Å². The number of phenolic OH excluding ortho intramolecular Hbond substituents is 2. The summed E-state index contributed by atoms with van der Waals surface area (Å²) in [5.74, 6) is -2.12. The second-order valence-electron chi connectivity index (χ2n) is 2.83. The van der Waals surface area contributed by atoms with Crippen molar-refractivity contribution in [1.82, 2.24) is 0 Å². The fourth-order valence-electron chi connectivity index (χ4n) is 0.974. The summed E-state index contributed by atoms with van der Waals surface area (Å²) in [6.07, 6.45) is -0.254. The first-order valence-corrected chi connectivity index (χ1v) is 3.86.